The third-order valence-corrected chi connectivity index (χ3v) is 5.16. The Morgan fingerprint density at radius 3 is 2.46 bits per heavy atom. The van der Waals surface area contributed by atoms with Gasteiger partial charge in [0.25, 0.3) is 0 Å². The first kappa shape index (κ1) is 21.0. The van der Waals surface area contributed by atoms with Crippen molar-refractivity contribution in [1.29, 1.82) is 0 Å². The number of benzene rings is 2. The zero-order valence-corrected chi connectivity index (χ0v) is 16.5. The van der Waals surface area contributed by atoms with Crippen LogP contribution in [0.25, 0.3) is 0 Å². The van der Waals surface area contributed by atoms with E-state index >= 15 is 0 Å². The van der Waals surface area contributed by atoms with Gasteiger partial charge in [0.05, 0.1) is 6.61 Å². The topological polar surface area (TPSA) is 68.2 Å². The molecule has 1 aliphatic rings. The van der Waals surface area contributed by atoms with Crippen molar-refractivity contribution in [1.82, 2.24) is 0 Å². The molecule has 0 spiro atoms. The van der Waals surface area contributed by atoms with Gasteiger partial charge in [-0.2, -0.15) is 0 Å². The molecule has 152 valence electrons. The lowest BCUT2D eigenvalue weighted by molar-refractivity contribution is -0.277. The maximum Gasteiger partial charge on any atom is 0.192 e. The highest BCUT2D eigenvalue weighted by Gasteiger charge is 2.45. The lowest BCUT2D eigenvalue weighted by Gasteiger charge is -2.39. The highest BCUT2D eigenvalue weighted by atomic mass is 35.5. The largest absolute Gasteiger partial charge is 0.494 e. The Bertz CT molecular complexity index is 783. The number of aliphatic hydroxyl groups is 2. The van der Waals surface area contributed by atoms with Crippen LogP contribution in [0.4, 0.5) is 4.39 Å². The van der Waals surface area contributed by atoms with Crippen LogP contribution in [0.1, 0.15) is 29.7 Å². The number of hydrogen-bond donors (Lipinski definition) is 2. The Kier molecular flexibility index (Phi) is 6.91. The van der Waals surface area contributed by atoms with Gasteiger partial charge in [0.1, 0.15) is 24.1 Å². The third kappa shape index (κ3) is 4.47. The monoisotopic (exact) mass is 410 g/mol. The number of ether oxygens (including phenoxy) is 3. The summed E-state index contributed by atoms with van der Waals surface area (Å²) >= 11 is 6.35. The minimum absolute atomic E-state index is 0.559. The second kappa shape index (κ2) is 9.20. The molecule has 1 aliphatic heterocycles. The summed E-state index contributed by atoms with van der Waals surface area (Å²) < 4.78 is 29.9. The first-order valence-corrected chi connectivity index (χ1v) is 9.51. The molecule has 0 saturated carbocycles. The number of halogens is 2. The van der Waals surface area contributed by atoms with Crippen molar-refractivity contribution in [3.63, 3.8) is 0 Å². The molecular formula is C21H24ClFO5. The maximum atomic E-state index is 14.0. The summed E-state index contributed by atoms with van der Waals surface area (Å²) in [5.74, 6) is 0.796. The van der Waals surface area contributed by atoms with Crippen LogP contribution in [0, 0.1) is 0 Å². The Morgan fingerprint density at radius 1 is 1.11 bits per heavy atom. The molecule has 3 rings (SSSR count). The fourth-order valence-electron chi connectivity index (χ4n) is 3.29. The average molecular weight is 411 g/mol. The molecule has 5 atom stereocenters. The third-order valence-electron chi connectivity index (χ3n) is 4.79. The minimum Gasteiger partial charge on any atom is -0.494 e. The van der Waals surface area contributed by atoms with Crippen LogP contribution in [-0.4, -0.2) is 48.6 Å². The van der Waals surface area contributed by atoms with Crippen LogP contribution in [0.15, 0.2) is 42.5 Å². The summed E-state index contributed by atoms with van der Waals surface area (Å²) in [7, 11) is 1.29. The number of aliphatic hydroxyl groups excluding tert-OH is 2. The summed E-state index contributed by atoms with van der Waals surface area (Å²) in [6, 6.07) is 12.9. The molecule has 1 fully saturated rings. The summed E-state index contributed by atoms with van der Waals surface area (Å²) in [6.07, 6.45) is -6.47. The minimum atomic E-state index is -1.83. The standard InChI is InChI=1S/C21H24ClFO5/c1-3-27-15-7-4-12(5-8-15)10-14-11-13(6-9-16(14)22)20-19(25)18(24)17(23)21(26-2)28-20/h4-9,11,17-21,24-25H,3,10H2,1-2H3/t17-,18-,19+,20-,21?/m0/s1. The van der Waals surface area contributed by atoms with Crippen molar-refractivity contribution >= 4 is 11.6 Å². The van der Waals surface area contributed by atoms with Gasteiger partial charge in [-0.05, 0) is 48.2 Å². The van der Waals surface area contributed by atoms with E-state index in [0.29, 0.717) is 23.6 Å². The first-order chi connectivity index (χ1) is 13.4. The van der Waals surface area contributed by atoms with Gasteiger partial charge in [-0.3, -0.25) is 0 Å². The Morgan fingerprint density at radius 2 is 1.82 bits per heavy atom. The van der Waals surface area contributed by atoms with Crippen molar-refractivity contribution in [3.05, 3.63) is 64.2 Å². The maximum absolute atomic E-state index is 14.0. The molecule has 2 aromatic rings. The van der Waals surface area contributed by atoms with Gasteiger partial charge in [-0.1, -0.05) is 35.9 Å². The molecule has 2 N–H and O–H groups in total. The van der Waals surface area contributed by atoms with Crippen LogP contribution < -0.4 is 4.74 Å². The van der Waals surface area contributed by atoms with Gasteiger partial charge >= 0.3 is 0 Å². The van der Waals surface area contributed by atoms with Crippen molar-refractivity contribution in [2.24, 2.45) is 0 Å². The Labute approximate surface area is 168 Å². The molecule has 0 bridgehead atoms. The normalized spacial score (nSPS) is 27.6. The molecule has 28 heavy (non-hydrogen) atoms. The molecule has 5 nitrogen and oxygen atoms in total. The number of alkyl halides is 1. The molecule has 7 heteroatoms. The zero-order chi connectivity index (χ0) is 20.3. The average Bonchev–Trinajstić information content (AvgIpc) is 2.70. The molecule has 0 aromatic heterocycles. The highest BCUT2D eigenvalue weighted by molar-refractivity contribution is 6.31. The van der Waals surface area contributed by atoms with Gasteiger partial charge in [0.15, 0.2) is 12.5 Å². The van der Waals surface area contributed by atoms with Gasteiger partial charge in [-0.15, -0.1) is 0 Å². The van der Waals surface area contributed by atoms with Crippen LogP contribution in [0.5, 0.6) is 5.75 Å². The molecule has 1 heterocycles. The molecule has 0 radical (unpaired) electrons. The number of rotatable bonds is 6. The van der Waals surface area contributed by atoms with E-state index in [1.54, 1.807) is 18.2 Å². The molecule has 1 saturated heterocycles. The van der Waals surface area contributed by atoms with Crippen molar-refractivity contribution in [2.45, 2.75) is 44.1 Å². The van der Waals surface area contributed by atoms with E-state index in [1.807, 2.05) is 31.2 Å². The van der Waals surface area contributed by atoms with Crippen molar-refractivity contribution in [2.75, 3.05) is 13.7 Å². The second-order valence-electron chi connectivity index (χ2n) is 6.69. The predicted octanol–water partition coefficient (Wildman–Crippen LogP) is 3.43. The summed E-state index contributed by atoms with van der Waals surface area (Å²) in [4.78, 5) is 0. The smallest absolute Gasteiger partial charge is 0.192 e. The van der Waals surface area contributed by atoms with Gasteiger partial charge in [0.2, 0.25) is 0 Å². The van der Waals surface area contributed by atoms with Crippen LogP contribution >= 0.6 is 11.6 Å². The predicted molar refractivity (Wildman–Crippen MR) is 103 cm³/mol. The lowest BCUT2D eigenvalue weighted by Crippen LogP contribution is -2.52. The SMILES string of the molecule is CCOc1ccc(Cc2cc([C@@H]3OC(OC)[C@@H](F)[C@H](O)[C@H]3O)ccc2Cl)cc1. The second-order valence-corrected chi connectivity index (χ2v) is 7.10. The van der Waals surface area contributed by atoms with E-state index in [0.717, 1.165) is 16.9 Å². The van der Waals surface area contributed by atoms with E-state index in [4.69, 9.17) is 25.8 Å². The molecular weight excluding hydrogens is 387 g/mol. The number of hydrogen-bond acceptors (Lipinski definition) is 5. The fraction of sp³-hybridized carbons (Fsp3) is 0.429. The zero-order valence-electron chi connectivity index (χ0n) is 15.7. The van der Waals surface area contributed by atoms with Crippen LogP contribution in [0.3, 0.4) is 0 Å². The van der Waals surface area contributed by atoms with Crippen molar-refractivity contribution in [3.8, 4) is 5.75 Å². The van der Waals surface area contributed by atoms with Crippen LogP contribution in [0.2, 0.25) is 5.02 Å². The van der Waals surface area contributed by atoms with Gasteiger partial charge < -0.3 is 24.4 Å². The van der Waals surface area contributed by atoms with Crippen LogP contribution in [-0.2, 0) is 15.9 Å². The van der Waals surface area contributed by atoms with Crippen molar-refractivity contribution < 1.29 is 28.8 Å². The van der Waals surface area contributed by atoms with Gasteiger partial charge in [-0.25, -0.2) is 4.39 Å². The van der Waals surface area contributed by atoms with E-state index in [9.17, 15) is 14.6 Å². The summed E-state index contributed by atoms with van der Waals surface area (Å²) in [5, 5.41) is 20.8. The van der Waals surface area contributed by atoms with E-state index in [-0.39, 0.29) is 0 Å². The highest BCUT2D eigenvalue weighted by Crippen LogP contribution is 2.35. The lowest BCUT2D eigenvalue weighted by atomic mass is 9.92. The first-order valence-electron chi connectivity index (χ1n) is 9.13. The molecule has 2 aromatic carbocycles. The van der Waals surface area contributed by atoms with E-state index < -0.39 is 30.8 Å². The fourth-order valence-corrected chi connectivity index (χ4v) is 3.47. The summed E-state index contributed by atoms with van der Waals surface area (Å²) in [5.41, 5.74) is 2.45. The Balaban J connectivity index is 1.82. The quantitative estimate of drug-likeness (QED) is 0.763. The van der Waals surface area contributed by atoms with E-state index in [2.05, 4.69) is 0 Å². The van der Waals surface area contributed by atoms with E-state index in [1.165, 1.54) is 7.11 Å². The molecule has 1 unspecified atom stereocenters. The Hall–Kier alpha value is -1.70. The van der Waals surface area contributed by atoms with Gasteiger partial charge in [0, 0.05) is 12.1 Å². The summed E-state index contributed by atoms with van der Waals surface area (Å²) in [6.45, 7) is 2.53. The number of methoxy groups -OCH3 is 1. The molecule has 0 aliphatic carbocycles. The molecule has 0 amide bonds.